The average Bonchev–Trinajstić information content (AvgIpc) is 3.12. The number of halogens is 2. The van der Waals surface area contributed by atoms with E-state index in [4.69, 9.17) is 27.9 Å². The van der Waals surface area contributed by atoms with Gasteiger partial charge in [0, 0.05) is 6.20 Å². The lowest BCUT2D eigenvalue weighted by atomic mass is 10.1. The van der Waals surface area contributed by atoms with Crippen molar-refractivity contribution >= 4 is 39.9 Å². The van der Waals surface area contributed by atoms with E-state index < -0.39 is 0 Å². The van der Waals surface area contributed by atoms with E-state index in [2.05, 4.69) is 15.3 Å². The summed E-state index contributed by atoms with van der Waals surface area (Å²) in [6.45, 7) is 1.90. The Kier molecular flexibility index (Phi) is 4.64. The first-order chi connectivity index (χ1) is 15.0. The monoisotopic (exact) mass is 451 g/mol. The van der Waals surface area contributed by atoms with Gasteiger partial charge in [-0.3, -0.25) is 9.36 Å². The molecule has 5 rings (SSSR count). The summed E-state index contributed by atoms with van der Waals surface area (Å²) in [5.74, 6) is 0.759. The van der Waals surface area contributed by atoms with Crippen LogP contribution < -0.4 is 10.3 Å². The first-order valence-electron chi connectivity index (χ1n) is 9.36. The summed E-state index contributed by atoms with van der Waals surface area (Å²) in [4.78, 5) is 13.2. The van der Waals surface area contributed by atoms with Gasteiger partial charge in [0.15, 0.2) is 11.2 Å². The molecule has 0 radical (unpaired) electrons. The van der Waals surface area contributed by atoms with Crippen LogP contribution in [0.5, 0.6) is 5.75 Å². The molecular weight excluding hydrogens is 437 g/mol. The van der Waals surface area contributed by atoms with Crippen molar-refractivity contribution < 1.29 is 4.74 Å². The lowest BCUT2D eigenvalue weighted by molar-refractivity contribution is 0.415. The molecule has 0 spiro atoms. The van der Waals surface area contributed by atoms with Crippen molar-refractivity contribution in [2.24, 2.45) is 0 Å². The van der Waals surface area contributed by atoms with Crippen molar-refractivity contribution in [2.75, 3.05) is 7.11 Å². The van der Waals surface area contributed by atoms with Gasteiger partial charge in [0.05, 0.1) is 34.1 Å². The number of aromatic nitrogens is 5. The highest BCUT2D eigenvalue weighted by molar-refractivity contribution is 6.43. The van der Waals surface area contributed by atoms with E-state index in [-0.39, 0.29) is 16.1 Å². The number of methoxy groups -OCH3 is 1. The van der Waals surface area contributed by atoms with Gasteiger partial charge in [0.25, 0.3) is 5.56 Å². The molecule has 0 saturated heterocycles. The van der Waals surface area contributed by atoms with Crippen molar-refractivity contribution in [1.29, 1.82) is 0 Å². The fraction of sp³-hybridized carbons (Fsp3) is 0.0909. The van der Waals surface area contributed by atoms with Crippen LogP contribution in [-0.2, 0) is 0 Å². The number of nitrogens with zero attached hydrogens (tertiary/aromatic N) is 5. The SMILES string of the molecule is COc1ccc(-c2c(C)nn3c2nnc2c(=O)n(-c4cccc(Cl)c4Cl)ccc23)cc1. The molecule has 0 aliphatic rings. The highest BCUT2D eigenvalue weighted by atomic mass is 35.5. The molecule has 154 valence electrons. The fourth-order valence-electron chi connectivity index (χ4n) is 3.62. The van der Waals surface area contributed by atoms with E-state index in [1.54, 1.807) is 42.1 Å². The zero-order valence-corrected chi connectivity index (χ0v) is 18.0. The molecule has 0 saturated carbocycles. The largest absolute Gasteiger partial charge is 0.497 e. The molecule has 9 heteroatoms. The van der Waals surface area contributed by atoms with Crippen LogP contribution >= 0.6 is 23.2 Å². The van der Waals surface area contributed by atoms with E-state index in [0.717, 1.165) is 22.6 Å². The molecule has 2 aromatic carbocycles. The Morgan fingerprint density at radius 1 is 1.00 bits per heavy atom. The van der Waals surface area contributed by atoms with E-state index in [1.807, 2.05) is 31.2 Å². The number of hydrogen-bond acceptors (Lipinski definition) is 5. The Morgan fingerprint density at radius 2 is 1.77 bits per heavy atom. The molecule has 0 aliphatic carbocycles. The Bertz CT molecular complexity index is 1520. The maximum absolute atomic E-state index is 13.2. The molecule has 7 nitrogen and oxygen atoms in total. The number of ether oxygens (including phenoxy) is 1. The van der Waals surface area contributed by atoms with Crippen LogP contribution in [-0.4, -0.2) is 31.5 Å². The Morgan fingerprint density at radius 3 is 2.52 bits per heavy atom. The summed E-state index contributed by atoms with van der Waals surface area (Å²) in [6, 6.07) is 14.5. The van der Waals surface area contributed by atoms with Crippen LogP contribution in [0.15, 0.2) is 59.5 Å². The van der Waals surface area contributed by atoms with Crippen molar-refractivity contribution in [2.45, 2.75) is 6.92 Å². The Balaban J connectivity index is 1.74. The quantitative estimate of drug-likeness (QED) is 0.396. The summed E-state index contributed by atoms with van der Waals surface area (Å²) >= 11 is 12.4. The summed E-state index contributed by atoms with van der Waals surface area (Å²) in [5, 5.41) is 13.8. The van der Waals surface area contributed by atoms with E-state index >= 15 is 0 Å². The number of pyridine rings is 1. The van der Waals surface area contributed by atoms with Gasteiger partial charge < -0.3 is 4.74 Å². The average molecular weight is 452 g/mol. The number of fused-ring (bicyclic) bond motifs is 3. The van der Waals surface area contributed by atoms with Gasteiger partial charge in [-0.2, -0.15) is 5.10 Å². The lowest BCUT2D eigenvalue weighted by Gasteiger charge is -2.10. The first kappa shape index (κ1) is 19.5. The molecule has 31 heavy (non-hydrogen) atoms. The van der Waals surface area contributed by atoms with Crippen molar-refractivity contribution in [3.8, 4) is 22.6 Å². The minimum Gasteiger partial charge on any atom is -0.497 e. The molecule has 3 aromatic heterocycles. The lowest BCUT2D eigenvalue weighted by Crippen LogP contribution is -2.20. The molecule has 0 unspecified atom stereocenters. The van der Waals surface area contributed by atoms with Crippen LogP contribution in [0.25, 0.3) is 33.5 Å². The first-order valence-corrected chi connectivity index (χ1v) is 10.1. The molecule has 3 heterocycles. The molecular formula is C22H15Cl2N5O2. The second kappa shape index (κ2) is 7.37. The third-order valence-electron chi connectivity index (χ3n) is 5.12. The second-order valence-corrected chi connectivity index (χ2v) is 7.71. The van der Waals surface area contributed by atoms with Crippen LogP contribution in [0.2, 0.25) is 10.0 Å². The molecule has 0 amide bonds. The molecule has 0 N–H and O–H groups in total. The summed E-state index contributed by atoms with van der Waals surface area (Å²) in [7, 11) is 1.62. The van der Waals surface area contributed by atoms with Crippen LogP contribution in [0.3, 0.4) is 0 Å². The minimum absolute atomic E-state index is 0.176. The summed E-state index contributed by atoms with van der Waals surface area (Å²) in [5.41, 5.74) is 3.94. The number of aryl methyl sites for hydroxylation is 1. The number of hydrogen-bond donors (Lipinski definition) is 0. The van der Waals surface area contributed by atoms with Gasteiger partial charge in [-0.25, -0.2) is 4.52 Å². The maximum atomic E-state index is 13.2. The number of benzene rings is 2. The van der Waals surface area contributed by atoms with Crippen molar-refractivity contribution in [3.63, 3.8) is 0 Å². The highest BCUT2D eigenvalue weighted by Gasteiger charge is 2.18. The van der Waals surface area contributed by atoms with Gasteiger partial charge in [-0.1, -0.05) is 41.4 Å². The van der Waals surface area contributed by atoms with Crippen LogP contribution in [0.1, 0.15) is 5.69 Å². The third kappa shape index (κ3) is 3.05. The molecule has 0 bridgehead atoms. The summed E-state index contributed by atoms with van der Waals surface area (Å²) in [6.07, 6.45) is 1.63. The fourth-order valence-corrected chi connectivity index (χ4v) is 4.00. The topological polar surface area (TPSA) is 74.3 Å². The third-order valence-corrected chi connectivity index (χ3v) is 5.93. The zero-order chi connectivity index (χ0) is 21.7. The molecule has 5 aromatic rings. The Hall–Kier alpha value is -3.42. The minimum atomic E-state index is -0.366. The smallest absolute Gasteiger partial charge is 0.285 e. The molecule has 0 atom stereocenters. The van der Waals surface area contributed by atoms with Gasteiger partial charge in [-0.05, 0) is 42.8 Å². The maximum Gasteiger partial charge on any atom is 0.285 e. The predicted molar refractivity (Wildman–Crippen MR) is 121 cm³/mol. The van der Waals surface area contributed by atoms with Gasteiger partial charge in [0.2, 0.25) is 0 Å². The van der Waals surface area contributed by atoms with Crippen LogP contribution in [0, 0.1) is 6.92 Å². The molecule has 0 fully saturated rings. The van der Waals surface area contributed by atoms with Crippen molar-refractivity contribution in [3.05, 3.63) is 80.8 Å². The Labute approximate surface area is 186 Å². The second-order valence-electron chi connectivity index (χ2n) is 6.92. The highest BCUT2D eigenvalue weighted by Crippen LogP contribution is 2.30. The van der Waals surface area contributed by atoms with Crippen molar-refractivity contribution in [1.82, 2.24) is 24.4 Å². The summed E-state index contributed by atoms with van der Waals surface area (Å²) < 4.78 is 8.28. The zero-order valence-electron chi connectivity index (χ0n) is 16.5. The normalized spacial score (nSPS) is 11.4. The van der Waals surface area contributed by atoms with Gasteiger partial charge in [0.1, 0.15) is 11.3 Å². The standard InChI is InChI=1S/C22H15Cl2N5O2/c1-12-18(13-6-8-14(31-2)9-7-13)21-26-25-20-17(29(21)27-12)10-11-28(22(20)30)16-5-3-4-15(23)19(16)24/h3-11H,1-2H3. The predicted octanol–water partition coefficient (Wildman–Crippen LogP) is 4.72. The van der Waals surface area contributed by atoms with Gasteiger partial charge >= 0.3 is 0 Å². The van der Waals surface area contributed by atoms with E-state index in [0.29, 0.717) is 21.9 Å². The number of rotatable bonds is 3. The molecule has 0 aliphatic heterocycles. The van der Waals surface area contributed by atoms with Gasteiger partial charge in [-0.15, -0.1) is 10.2 Å². The van der Waals surface area contributed by atoms with E-state index in [1.165, 1.54) is 4.57 Å². The van der Waals surface area contributed by atoms with Crippen LogP contribution in [0.4, 0.5) is 0 Å². The van der Waals surface area contributed by atoms with E-state index in [9.17, 15) is 4.79 Å².